The number of nitrogens with one attached hydrogen (secondary N) is 3. The number of anilines is 1. The molecule has 1 amide bonds. The number of carbonyl (C=O) groups excluding carboxylic acids is 1. The third-order valence-corrected chi connectivity index (χ3v) is 5.58. The van der Waals surface area contributed by atoms with Gasteiger partial charge < -0.3 is 19.9 Å². The second kappa shape index (κ2) is 8.11. The fourth-order valence-corrected chi connectivity index (χ4v) is 4.10. The third-order valence-electron chi connectivity index (χ3n) is 5.58. The van der Waals surface area contributed by atoms with E-state index in [1.807, 2.05) is 31.2 Å². The first-order chi connectivity index (χ1) is 13.2. The van der Waals surface area contributed by atoms with Crippen LogP contribution in [0.5, 0.6) is 5.75 Å². The number of hydrogen-bond donors (Lipinski definition) is 3. The number of fused-ring (bicyclic) bond motifs is 1. The van der Waals surface area contributed by atoms with Crippen molar-refractivity contribution in [1.29, 1.82) is 0 Å². The molecule has 2 heterocycles. The molecule has 5 heteroatoms. The van der Waals surface area contributed by atoms with E-state index in [2.05, 4.69) is 23.5 Å². The molecule has 0 unspecified atom stereocenters. The largest absolute Gasteiger partial charge is 0.493 e. The van der Waals surface area contributed by atoms with Gasteiger partial charge in [0, 0.05) is 17.7 Å². The van der Waals surface area contributed by atoms with Crippen molar-refractivity contribution >= 4 is 11.6 Å². The standard InChI is InChI=1S/C22H27N3O2/c1-17-3-2-4-20(13-17)23-22(26)16-25-10-8-24(9-11-25)15-18-5-6-21-19(14-18)7-12-27-21/h2-6,13-14H,7-12,15-16H2,1H3,(H,23,26)/p+2. The molecular formula is C22H29N3O2+2. The first-order valence-electron chi connectivity index (χ1n) is 9.94. The fourth-order valence-electron chi connectivity index (χ4n) is 4.10. The minimum absolute atomic E-state index is 0.109. The summed E-state index contributed by atoms with van der Waals surface area (Å²) in [5.74, 6) is 1.17. The minimum atomic E-state index is 0.109. The lowest BCUT2D eigenvalue weighted by atomic mass is 10.1. The summed E-state index contributed by atoms with van der Waals surface area (Å²) in [5.41, 5.74) is 4.80. The number of carbonyl (C=O) groups is 1. The highest BCUT2D eigenvalue weighted by Crippen LogP contribution is 2.25. The van der Waals surface area contributed by atoms with Gasteiger partial charge in [0.2, 0.25) is 0 Å². The Balaban J connectivity index is 1.23. The molecule has 5 nitrogen and oxygen atoms in total. The van der Waals surface area contributed by atoms with Crippen molar-refractivity contribution in [3.8, 4) is 5.75 Å². The molecule has 0 radical (unpaired) electrons. The summed E-state index contributed by atoms with van der Waals surface area (Å²) in [6.45, 7) is 8.79. The predicted molar refractivity (Wildman–Crippen MR) is 105 cm³/mol. The molecular weight excluding hydrogens is 338 g/mol. The van der Waals surface area contributed by atoms with Crippen LogP contribution < -0.4 is 19.9 Å². The van der Waals surface area contributed by atoms with Gasteiger partial charge in [0.1, 0.15) is 38.5 Å². The number of piperazine rings is 1. The zero-order valence-corrected chi connectivity index (χ0v) is 16.0. The van der Waals surface area contributed by atoms with Gasteiger partial charge in [-0.05, 0) is 48.4 Å². The van der Waals surface area contributed by atoms with Crippen LogP contribution in [-0.4, -0.2) is 45.2 Å². The van der Waals surface area contributed by atoms with E-state index in [1.54, 1.807) is 4.90 Å². The monoisotopic (exact) mass is 367 g/mol. The maximum Gasteiger partial charge on any atom is 0.279 e. The van der Waals surface area contributed by atoms with Crippen molar-refractivity contribution < 1.29 is 19.3 Å². The van der Waals surface area contributed by atoms with Crippen LogP contribution in [-0.2, 0) is 17.8 Å². The van der Waals surface area contributed by atoms with Gasteiger partial charge in [-0.2, -0.15) is 0 Å². The third kappa shape index (κ3) is 4.67. The van der Waals surface area contributed by atoms with Crippen molar-refractivity contribution in [3.63, 3.8) is 0 Å². The van der Waals surface area contributed by atoms with Gasteiger partial charge in [-0.3, -0.25) is 4.79 Å². The van der Waals surface area contributed by atoms with E-state index in [0.717, 1.165) is 62.8 Å². The maximum atomic E-state index is 12.3. The lowest BCUT2D eigenvalue weighted by Gasteiger charge is -2.29. The van der Waals surface area contributed by atoms with Crippen molar-refractivity contribution in [2.45, 2.75) is 19.9 Å². The minimum Gasteiger partial charge on any atom is -0.493 e. The number of rotatable bonds is 5. The summed E-state index contributed by atoms with van der Waals surface area (Å²) >= 11 is 0. The molecule has 0 aliphatic carbocycles. The number of aryl methyl sites for hydroxylation is 1. The van der Waals surface area contributed by atoms with E-state index in [9.17, 15) is 4.79 Å². The number of amides is 1. The molecule has 4 rings (SSSR count). The molecule has 1 saturated heterocycles. The van der Waals surface area contributed by atoms with Crippen molar-refractivity contribution in [1.82, 2.24) is 0 Å². The van der Waals surface area contributed by atoms with E-state index in [-0.39, 0.29) is 5.91 Å². The lowest BCUT2D eigenvalue weighted by molar-refractivity contribution is -1.02. The highest BCUT2D eigenvalue weighted by atomic mass is 16.5. The molecule has 2 aliphatic rings. The summed E-state index contributed by atoms with van der Waals surface area (Å²) in [4.78, 5) is 15.3. The van der Waals surface area contributed by atoms with Crippen LogP contribution in [0.2, 0.25) is 0 Å². The second-order valence-electron chi connectivity index (χ2n) is 7.81. The van der Waals surface area contributed by atoms with Gasteiger partial charge in [0.15, 0.2) is 6.54 Å². The number of benzene rings is 2. The van der Waals surface area contributed by atoms with Crippen LogP contribution in [0.25, 0.3) is 0 Å². The van der Waals surface area contributed by atoms with Gasteiger partial charge in [0.25, 0.3) is 5.91 Å². The van der Waals surface area contributed by atoms with E-state index in [1.165, 1.54) is 16.0 Å². The molecule has 2 aliphatic heterocycles. The highest BCUT2D eigenvalue weighted by molar-refractivity contribution is 5.91. The van der Waals surface area contributed by atoms with Crippen LogP contribution in [0.15, 0.2) is 42.5 Å². The fraction of sp³-hybridized carbons (Fsp3) is 0.409. The quantitative estimate of drug-likeness (QED) is 0.689. The average molecular weight is 367 g/mol. The van der Waals surface area contributed by atoms with Gasteiger partial charge in [0.05, 0.1) is 6.61 Å². The number of ether oxygens (including phenoxy) is 1. The summed E-state index contributed by atoms with van der Waals surface area (Å²) in [7, 11) is 0. The van der Waals surface area contributed by atoms with Crippen LogP contribution >= 0.6 is 0 Å². The topological polar surface area (TPSA) is 47.2 Å². The Morgan fingerprint density at radius 2 is 1.89 bits per heavy atom. The Morgan fingerprint density at radius 1 is 1.07 bits per heavy atom. The predicted octanol–water partition coefficient (Wildman–Crippen LogP) is -0.148. The SMILES string of the molecule is Cc1cccc(NC(=O)C[NH+]2CC[NH+](Cc3ccc4c(c3)CCO4)CC2)c1. The van der Waals surface area contributed by atoms with E-state index in [0.29, 0.717) is 6.54 Å². The second-order valence-corrected chi connectivity index (χ2v) is 7.81. The van der Waals surface area contributed by atoms with Gasteiger partial charge in [-0.1, -0.05) is 12.1 Å². The van der Waals surface area contributed by atoms with Gasteiger partial charge >= 0.3 is 0 Å². The summed E-state index contributed by atoms with van der Waals surface area (Å²) < 4.78 is 5.60. The molecule has 0 bridgehead atoms. The first-order valence-corrected chi connectivity index (χ1v) is 9.94. The maximum absolute atomic E-state index is 12.3. The zero-order chi connectivity index (χ0) is 18.6. The molecule has 3 N–H and O–H groups in total. The zero-order valence-electron chi connectivity index (χ0n) is 16.0. The average Bonchev–Trinajstić information content (AvgIpc) is 3.11. The number of quaternary nitrogens is 2. The Hall–Kier alpha value is -2.37. The van der Waals surface area contributed by atoms with Gasteiger partial charge in [-0.15, -0.1) is 0 Å². The summed E-state index contributed by atoms with van der Waals surface area (Å²) in [6, 6.07) is 14.6. The van der Waals surface area contributed by atoms with Crippen molar-refractivity contribution in [3.05, 3.63) is 59.2 Å². The number of hydrogen-bond acceptors (Lipinski definition) is 2. The van der Waals surface area contributed by atoms with E-state index in [4.69, 9.17) is 4.74 Å². The molecule has 27 heavy (non-hydrogen) atoms. The summed E-state index contributed by atoms with van der Waals surface area (Å²) in [6.07, 6.45) is 1.03. The van der Waals surface area contributed by atoms with Crippen LogP contribution in [0.3, 0.4) is 0 Å². The molecule has 0 aromatic heterocycles. The lowest BCUT2D eigenvalue weighted by Crippen LogP contribution is -3.28. The molecule has 1 fully saturated rings. The Labute approximate surface area is 160 Å². The smallest absolute Gasteiger partial charge is 0.279 e. The first kappa shape index (κ1) is 18.0. The van der Waals surface area contributed by atoms with Crippen LogP contribution in [0, 0.1) is 6.92 Å². The highest BCUT2D eigenvalue weighted by Gasteiger charge is 2.25. The molecule has 2 aromatic rings. The van der Waals surface area contributed by atoms with Crippen molar-refractivity contribution in [2.75, 3.05) is 44.6 Å². The van der Waals surface area contributed by atoms with Crippen LogP contribution in [0.1, 0.15) is 16.7 Å². The molecule has 142 valence electrons. The molecule has 0 spiro atoms. The summed E-state index contributed by atoms with van der Waals surface area (Å²) in [5, 5.41) is 3.03. The molecule has 0 saturated carbocycles. The normalized spacial score (nSPS) is 21.4. The van der Waals surface area contributed by atoms with Gasteiger partial charge in [-0.25, -0.2) is 0 Å². The molecule has 0 atom stereocenters. The Morgan fingerprint density at radius 3 is 2.70 bits per heavy atom. The van der Waals surface area contributed by atoms with Crippen molar-refractivity contribution in [2.24, 2.45) is 0 Å². The molecule has 2 aromatic carbocycles. The van der Waals surface area contributed by atoms with Crippen LogP contribution in [0.4, 0.5) is 5.69 Å². The Bertz CT molecular complexity index is 813. The Kier molecular flexibility index (Phi) is 5.41. The van der Waals surface area contributed by atoms with E-state index < -0.39 is 0 Å². The van der Waals surface area contributed by atoms with E-state index >= 15 is 0 Å².